The number of thiazole rings is 1. The molecule has 0 radical (unpaired) electrons. The third-order valence-electron chi connectivity index (χ3n) is 4.87. The minimum Gasteiger partial charge on any atom is -0.487 e. The molecule has 0 spiro atoms. The Morgan fingerprint density at radius 3 is 2.57 bits per heavy atom. The second-order valence-electron chi connectivity index (χ2n) is 8.37. The Labute approximate surface area is 182 Å². The van der Waals surface area contributed by atoms with E-state index >= 15 is 0 Å². The van der Waals surface area contributed by atoms with Crippen LogP contribution in [0.2, 0.25) is 0 Å². The molecule has 162 valence electrons. The molecule has 30 heavy (non-hydrogen) atoms. The molecular weight excluding hydrogens is 400 g/mol. The molecule has 0 atom stereocenters. The molecule has 1 saturated heterocycles. The molecule has 1 aliphatic rings. The van der Waals surface area contributed by atoms with Gasteiger partial charge in [0.1, 0.15) is 18.0 Å². The van der Waals surface area contributed by atoms with Crippen LogP contribution in [0.1, 0.15) is 50.2 Å². The van der Waals surface area contributed by atoms with Gasteiger partial charge in [0.15, 0.2) is 0 Å². The fraction of sp³-hybridized carbons (Fsp3) is 0.500. The molecule has 7 nitrogen and oxygen atoms in total. The van der Waals surface area contributed by atoms with Crippen LogP contribution in [-0.4, -0.2) is 48.4 Å². The van der Waals surface area contributed by atoms with Gasteiger partial charge in [-0.3, -0.25) is 5.01 Å². The summed E-state index contributed by atoms with van der Waals surface area (Å²) in [6.45, 7) is 11.0. The summed E-state index contributed by atoms with van der Waals surface area (Å²) in [5.41, 5.74) is 1.42. The second-order valence-corrected chi connectivity index (χ2v) is 9.26. The van der Waals surface area contributed by atoms with Gasteiger partial charge in [-0.25, -0.2) is 9.78 Å². The van der Waals surface area contributed by atoms with Crippen molar-refractivity contribution in [1.82, 2.24) is 9.88 Å². The van der Waals surface area contributed by atoms with Gasteiger partial charge < -0.3 is 14.4 Å². The van der Waals surface area contributed by atoms with Crippen molar-refractivity contribution in [2.24, 2.45) is 5.10 Å². The number of hydrazone groups is 1. The van der Waals surface area contributed by atoms with E-state index in [-0.39, 0.29) is 6.09 Å². The van der Waals surface area contributed by atoms with Crippen molar-refractivity contribution in [3.8, 4) is 5.75 Å². The minimum absolute atomic E-state index is 0.227. The second kappa shape index (κ2) is 9.47. The quantitative estimate of drug-likeness (QED) is 0.482. The van der Waals surface area contributed by atoms with E-state index in [1.807, 2.05) is 52.1 Å². The molecule has 0 unspecified atom stereocenters. The van der Waals surface area contributed by atoms with Gasteiger partial charge in [-0.2, -0.15) is 5.10 Å². The third-order valence-corrected chi connectivity index (χ3v) is 5.93. The average Bonchev–Trinajstić information content (AvgIpc) is 3.20. The van der Waals surface area contributed by atoms with Crippen molar-refractivity contribution in [2.45, 2.75) is 51.7 Å². The Morgan fingerprint density at radius 1 is 1.30 bits per heavy atom. The van der Waals surface area contributed by atoms with Crippen LogP contribution in [0.15, 0.2) is 34.7 Å². The zero-order chi connectivity index (χ0) is 21.7. The first-order chi connectivity index (χ1) is 14.2. The number of hydrogen-bond donors (Lipinski definition) is 0. The van der Waals surface area contributed by atoms with E-state index < -0.39 is 5.60 Å². The lowest BCUT2D eigenvalue weighted by Gasteiger charge is -2.32. The predicted molar refractivity (Wildman–Crippen MR) is 121 cm³/mol. The summed E-state index contributed by atoms with van der Waals surface area (Å²) in [6.07, 6.45) is 1.58. The first-order valence-corrected chi connectivity index (χ1v) is 11.0. The maximum atomic E-state index is 12.2. The predicted octanol–water partition coefficient (Wildman–Crippen LogP) is 4.89. The zero-order valence-electron chi connectivity index (χ0n) is 18.1. The van der Waals surface area contributed by atoms with Crippen molar-refractivity contribution in [3.63, 3.8) is 0 Å². The van der Waals surface area contributed by atoms with Crippen LogP contribution >= 0.6 is 11.3 Å². The molecule has 1 aliphatic heterocycles. The van der Waals surface area contributed by atoms with E-state index in [4.69, 9.17) is 14.5 Å². The number of rotatable bonds is 6. The molecule has 1 aromatic carbocycles. The van der Waals surface area contributed by atoms with Gasteiger partial charge in [-0.05, 0) is 57.9 Å². The van der Waals surface area contributed by atoms with E-state index in [0.29, 0.717) is 25.6 Å². The van der Waals surface area contributed by atoms with E-state index in [0.717, 1.165) is 35.0 Å². The molecule has 2 heterocycles. The van der Waals surface area contributed by atoms with Crippen LogP contribution in [0.4, 0.5) is 10.5 Å². The van der Waals surface area contributed by atoms with Crippen LogP contribution in [0.25, 0.3) is 0 Å². The average molecular weight is 431 g/mol. The molecular formula is C22H30N4O3S. The van der Waals surface area contributed by atoms with Crippen molar-refractivity contribution in [3.05, 3.63) is 40.3 Å². The van der Waals surface area contributed by atoms with Gasteiger partial charge in [0.25, 0.3) is 0 Å². The van der Waals surface area contributed by atoms with E-state index in [9.17, 15) is 4.79 Å². The SMILES string of the molecule is C=NN(C)c1ccc(OCc2csc(C3CCN(C(=O)OC(C)(C)C)CC3)n2)cc1. The number of carbonyl (C=O) groups excluding carboxylic acids is 1. The fourth-order valence-corrected chi connectivity index (χ4v) is 4.18. The van der Waals surface area contributed by atoms with Crippen LogP contribution in [0.3, 0.4) is 0 Å². The van der Waals surface area contributed by atoms with Crippen molar-refractivity contribution >= 4 is 29.8 Å². The van der Waals surface area contributed by atoms with Crippen molar-refractivity contribution in [2.75, 3.05) is 25.1 Å². The number of benzene rings is 1. The fourth-order valence-electron chi connectivity index (χ4n) is 3.21. The molecule has 0 saturated carbocycles. The minimum atomic E-state index is -0.461. The molecule has 0 aliphatic carbocycles. The summed E-state index contributed by atoms with van der Waals surface area (Å²) in [5, 5.41) is 8.74. The highest BCUT2D eigenvalue weighted by molar-refractivity contribution is 7.09. The molecule has 3 rings (SSSR count). The Bertz CT molecular complexity index is 852. The smallest absolute Gasteiger partial charge is 0.410 e. The topological polar surface area (TPSA) is 67.3 Å². The Kier molecular flexibility index (Phi) is 6.97. The Morgan fingerprint density at radius 2 is 1.97 bits per heavy atom. The van der Waals surface area contributed by atoms with E-state index in [2.05, 4.69) is 17.2 Å². The summed E-state index contributed by atoms with van der Waals surface area (Å²) in [4.78, 5) is 18.8. The summed E-state index contributed by atoms with van der Waals surface area (Å²) >= 11 is 1.67. The standard InChI is InChI=1S/C22H30N4O3S/c1-22(2,3)29-21(27)26-12-10-16(11-13-26)20-24-17(15-30-20)14-28-19-8-6-18(7-9-19)25(5)23-4/h6-9,15-16H,4,10-14H2,1-3,5H3. The summed E-state index contributed by atoms with van der Waals surface area (Å²) in [6, 6.07) is 7.71. The molecule has 8 heteroatoms. The number of aromatic nitrogens is 1. The number of piperidine rings is 1. The number of nitrogens with zero attached hydrogens (tertiary/aromatic N) is 4. The number of amides is 1. The van der Waals surface area contributed by atoms with Gasteiger partial charge in [0.05, 0.1) is 16.4 Å². The molecule has 0 bridgehead atoms. The lowest BCUT2D eigenvalue weighted by atomic mass is 9.98. The van der Waals surface area contributed by atoms with E-state index in [1.165, 1.54) is 0 Å². The van der Waals surface area contributed by atoms with Crippen LogP contribution < -0.4 is 9.75 Å². The van der Waals surface area contributed by atoms with Gasteiger partial charge in [0, 0.05) is 38.2 Å². The highest BCUT2D eigenvalue weighted by Gasteiger charge is 2.28. The third kappa shape index (κ3) is 5.95. The van der Waals surface area contributed by atoms with Crippen LogP contribution in [0, 0.1) is 0 Å². The van der Waals surface area contributed by atoms with Crippen LogP contribution in [0.5, 0.6) is 5.75 Å². The number of hydrogen-bond acceptors (Lipinski definition) is 7. The van der Waals surface area contributed by atoms with Crippen LogP contribution in [-0.2, 0) is 11.3 Å². The molecule has 0 N–H and O–H groups in total. The highest BCUT2D eigenvalue weighted by atomic mass is 32.1. The number of carbonyl (C=O) groups is 1. The zero-order valence-corrected chi connectivity index (χ0v) is 18.9. The maximum Gasteiger partial charge on any atom is 0.410 e. The lowest BCUT2D eigenvalue weighted by Crippen LogP contribution is -2.41. The van der Waals surface area contributed by atoms with Gasteiger partial charge in [-0.1, -0.05) is 0 Å². The van der Waals surface area contributed by atoms with Gasteiger partial charge in [-0.15, -0.1) is 11.3 Å². The number of likely N-dealkylation sites (tertiary alicyclic amines) is 1. The highest BCUT2D eigenvalue weighted by Crippen LogP contribution is 2.31. The number of anilines is 1. The number of ether oxygens (including phenoxy) is 2. The Hall–Kier alpha value is -2.61. The Balaban J connectivity index is 1.48. The first kappa shape index (κ1) is 22.1. The largest absolute Gasteiger partial charge is 0.487 e. The summed E-state index contributed by atoms with van der Waals surface area (Å²) < 4.78 is 11.3. The maximum absolute atomic E-state index is 12.2. The summed E-state index contributed by atoms with van der Waals surface area (Å²) in [5.74, 6) is 1.17. The summed E-state index contributed by atoms with van der Waals surface area (Å²) in [7, 11) is 1.84. The van der Waals surface area contributed by atoms with Gasteiger partial charge in [0.2, 0.25) is 0 Å². The van der Waals surface area contributed by atoms with Gasteiger partial charge >= 0.3 is 6.09 Å². The monoisotopic (exact) mass is 430 g/mol. The molecule has 1 amide bonds. The van der Waals surface area contributed by atoms with Crippen molar-refractivity contribution in [1.29, 1.82) is 0 Å². The molecule has 1 fully saturated rings. The first-order valence-electron chi connectivity index (χ1n) is 10.1. The lowest BCUT2D eigenvalue weighted by molar-refractivity contribution is 0.0205. The molecule has 2 aromatic rings. The van der Waals surface area contributed by atoms with E-state index in [1.54, 1.807) is 21.2 Å². The normalized spacial score (nSPS) is 15.0. The van der Waals surface area contributed by atoms with Crippen molar-refractivity contribution < 1.29 is 14.3 Å². The molecule has 1 aromatic heterocycles.